The summed E-state index contributed by atoms with van der Waals surface area (Å²) < 4.78 is 10.8. The molecule has 0 radical (unpaired) electrons. The van der Waals surface area contributed by atoms with Gasteiger partial charge in [-0.25, -0.2) is 4.79 Å². The van der Waals surface area contributed by atoms with E-state index in [2.05, 4.69) is 0 Å². The molecular weight excluding hydrogens is 510 g/mol. The third-order valence-corrected chi connectivity index (χ3v) is 6.67. The first kappa shape index (κ1) is 28.4. The number of esters is 1. The van der Waals surface area contributed by atoms with Crippen LogP contribution in [0.5, 0.6) is 11.5 Å². The van der Waals surface area contributed by atoms with Gasteiger partial charge in [-0.05, 0) is 79.4 Å². The Morgan fingerprint density at radius 3 is 2.10 bits per heavy atom. The van der Waals surface area contributed by atoms with Gasteiger partial charge in [-0.2, -0.15) is 0 Å². The van der Waals surface area contributed by atoms with Crippen molar-refractivity contribution in [2.45, 2.75) is 46.1 Å². The first-order valence-corrected chi connectivity index (χ1v) is 13.1. The van der Waals surface area contributed by atoms with E-state index >= 15 is 0 Å². The van der Waals surface area contributed by atoms with Crippen LogP contribution in [0.1, 0.15) is 67.7 Å². The molecule has 40 heavy (non-hydrogen) atoms. The van der Waals surface area contributed by atoms with Gasteiger partial charge in [0, 0.05) is 16.8 Å². The van der Waals surface area contributed by atoms with Gasteiger partial charge in [0.25, 0.3) is 11.7 Å². The molecule has 3 aromatic rings. The highest BCUT2D eigenvalue weighted by Crippen LogP contribution is 2.43. The van der Waals surface area contributed by atoms with Crippen molar-refractivity contribution in [1.82, 2.24) is 0 Å². The highest BCUT2D eigenvalue weighted by Gasteiger charge is 2.47. The number of benzene rings is 3. The van der Waals surface area contributed by atoms with Gasteiger partial charge in [0.1, 0.15) is 17.3 Å². The molecule has 1 unspecified atom stereocenters. The second kappa shape index (κ2) is 11.3. The van der Waals surface area contributed by atoms with Gasteiger partial charge in [0.2, 0.25) is 0 Å². The lowest BCUT2D eigenvalue weighted by Crippen LogP contribution is -2.29. The number of hydrogen-bond donors (Lipinski definition) is 2. The number of phenols is 1. The van der Waals surface area contributed by atoms with E-state index in [1.807, 2.05) is 27.7 Å². The van der Waals surface area contributed by atoms with Crippen LogP contribution < -0.4 is 9.64 Å². The Labute approximate surface area is 233 Å². The van der Waals surface area contributed by atoms with Crippen LogP contribution in [0, 0.1) is 0 Å². The van der Waals surface area contributed by atoms with Crippen LogP contribution in [0.3, 0.4) is 0 Å². The van der Waals surface area contributed by atoms with Crippen LogP contribution in [0.4, 0.5) is 5.69 Å². The van der Waals surface area contributed by atoms with E-state index in [0.717, 1.165) is 5.56 Å². The van der Waals surface area contributed by atoms with E-state index in [9.17, 15) is 24.6 Å². The summed E-state index contributed by atoms with van der Waals surface area (Å²) in [7, 11) is 0. The molecule has 0 aliphatic carbocycles. The topological polar surface area (TPSA) is 113 Å². The number of rotatable bonds is 7. The third kappa shape index (κ3) is 5.43. The average Bonchev–Trinajstić information content (AvgIpc) is 3.18. The monoisotopic (exact) mass is 543 g/mol. The minimum Gasteiger partial charge on any atom is -0.508 e. The Morgan fingerprint density at radius 1 is 0.900 bits per heavy atom. The number of Topliss-reactive ketones (excluding diaryl/α,β-unsaturated/α-hetero) is 1. The summed E-state index contributed by atoms with van der Waals surface area (Å²) in [5, 5.41) is 21.5. The molecule has 208 valence electrons. The van der Waals surface area contributed by atoms with Crippen molar-refractivity contribution in [1.29, 1.82) is 0 Å². The fourth-order valence-electron chi connectivity index (χ4n) is 4.74. The molecule has 0 bridgehead atoms. The Hall–Kier alpha value is -4.59. The predicted molar refractivity (Wildman–Crippen MR) is 152 cm³/mol. The molecular formula is C32H33NO7. The number of amides is 1. The third-order valence-electron chi connectivity index (χ3n) is 6.67. The molecule has 1 fully saturated rings. The molecule has 4 rings (SSSR count). The van der Waals surface area contributed by atoms with Crippen LogP contribution in [0.15, 0.2) is 72.3 Å². The van der Waals surface area contributed by atoms with Gasteiger partial charge in [-0.15, -0.1) is 0 Å². The second-order valence-corrected chi connectivity index (χ2v) is 10.4. The van der Waals surface area contributed by atoms with Crippen molar-refractivity contribution in [2.24, 2.45) is 0 Å². The minimum absolute atomic E-state index is 0.0147. The van der Waals surface area contributed by atoms with Gasteiger partial charge in [-0.1, -0.05) is 32.9 Å². The van der Waals surface area contributed by atoms with Gasteiger partial charge < -0.3 is 19.7 Å². The maximum Gasteiger partial charge on any atom is 0.338 e. The number of carbonyl (C=O) groups is 3. The van der Waals surface area contributed by atoms with E-state index in [1.54, 1.807) is 49.4 Å². The molecule has 2 N–H and O–H groups in total. The van der Waals surface area contributed by atoms with Crippen molar-refractivity contribution >= 4 is 29.1 Å². The van der Waals surface area contributed by atoms with Crippen molar-refractivity contribution in [3.05, 3.63) is 94.6 Å². The lowest BCUT2D eigenvalue weighted by molar-refractivity contribution is -0.132. The van der Waals surface area contributed by atoms with Gasteiger partial charge in [0.15, 0.2) is 0 Å². The van der Waals surface area contributed by atoms with E-state index in [1.165, 1.54) is 29.2 Å². The predicted octanol–water partition coefficient (Wildman–Crippen LogP) is 5.89. The number of anilines is 1. The zero-order chi connectivity index (χ0) is 29.2. The number of hydrogen-bond acceptors (Lipinski definition) is 7. The van der Waals surface area contributed by atoms with E-state index < -0.39 is 23.7 Å². The van der Waals surface area contributed by atoms with Crippen LogP contribution in [0.25, 0.3) is 5.76 Å². The summed E-state index contributed by atoms with van der Waals surface area (Å²) in [4.78, 5) is 40.4. The molecule has 1 saturated heterocycles. The quantitative estimate of drug-likeness (QED) is 0.165. The number of carbonyl (C=O) groups excluding carboxylic acids is 3. The largest absolute Gasteiger partial charge is 0.508 e. The van der Waals surface area contributed by atoms with Crippen molar-refractivity contribution < 1.29 is 34.1 Å². The maximum absolute atomic E-state index is 13.5. The summed E-state index contributed by atoms with van der Waals surface area (Å²) in [6, 6.07) is 16.4. The zero-order valence-corrected chi connectivity index (χ0v) is 23.2. The standard InChI is InChI=1S/C32H33NO7/c1-6-39-25-17-12-21(18-24(25)32(3,4)5)28(35)26-27(19-10-15-23(34)16-11-19)33(30(37)29(26)36)22-13-8-20(9-14-22)31(38)40-7-2/h8-18,27,34-35H,6-7H2,1-5H3/b28-26-. The average molecular weight is 544 g/mol. The van der Waals surface area contributed by atoms with Gasteiger partial charge >= 0.3 is 5.97 Å². The van der Waals surface area contributed by atoms with Gasteiger partial charge in [-0.3, -0.25) is 14.5 Å². The highest BCUT2D eigenvalue weighted by atomic mass is 16.5. The summed E-state index contributed by atoms with van der Waals surface area (Å²) in [5.74, 6) is -1.82. The molecule has 0 spiro atoms. The van der Waals surface area contributed by atoms with Gasteiger partial charge in [0.05, 0.1) is 30.4 Å². The number of aromatic hydroxyl groups is 1. The van der Waals surface area contributed by atoms with Crippen LogP contribution in [-0.4, -0.2) is 41.1 Å². The zero-order valence-electron chi connectivity index (χ0n) is 23.2. The maximum atomic E-state index is 13.5. The molecule has 3 aromatic carbocycles. The molecule has 8 nitrogen and oxygen atoms in total. The number of ether oxygens (including phenoxy) is 2. The number of aliphatic hydroxyl groups excluding tert-OH is 1. The molecule has 1 heterocycles. The number of ketones is 1. The molecule has 1 aliphatic rings. The number of aliphatic hydroxyl groups is 1. The van der Waals surface area contributed by atoms with Crippen molar-refractivity contribution in [2.75, 3.05) is 18.1 Å². The lowest BCUT2D eigenvalue weighted by Gasteiger charge is -2.26. The number of phenolic OH excluding ortho intramolecular Hbond substituents is 1. The first-order chi connectivity index (χ1) is 19.0. The smallest absolute Gasteiger partial charge is 0.338 e. The van der Waals surface area contributed by atoms with Crippen LogP contribution >= 0.6 is 0 Å². The normalized spacial score (nSPS) is 16.7. The first-order valence-electron chi connectivity index (χ1n) is 13.1. The lowest BCUT2D eigenvalue weighted by atomic mass is 9.84. The Morgan fingerprint density at radius 2 is 1.52 bits per heavy atom. The van der Waals surface area contributed by atoms with Crippen LogP contribution in [-0.2, 0) is 19.7 Å². The summed E-state index contributed by atoms with van der Waals surface area (Å²) in [6.45, 7) is 10.3. The Balaban J connectivity index is 1.89. The molecule has 1 atom stereocenters. The number of nitrogens with zero attached hydrogens (tertiary/aromatic N) is 1. The molecule has 0 saturated carbocycles. The Bertz CT molecular complexity index is 1460. The fraction of sp³-hybridized carbons (Fsp3) is 0.281. The molecule has 0 aromatic heterocycles. The van der Waals surface area contributed by atoms with Crippen molar-refractivity contribution in [3.8, 4) is 11.5 Å². The molecule has 1 amide bonds. The fourth-order valence-corrected chi connectivity index (χ4v) is 4.74. The van der Waals surface area contributed by atoms with Crippen LogP contribution in [0.2, 0.25) is 0 Å². The van der Waals surface area contributed by atoms with E-state index in [4.69, 9.17) is 9.47 Å². The van der Waals surface area contributed by atoms with E-state index in [-0.39, 0.29) is 29.1 Å². The minimum atomic E-state index is -0.987. The molecule has 8 heteroatoms. The summed E-state index contributed by atoms with van der Waals surface area (Å²) in [6.07, 6.45) is 0. The van der Waals surface area contributed by atoms with E-state index in [0.29, 0.717) is 34.7 Å². The Kier molecular flexibility index (Phi) is 8.00. The molecule has 1 aliphatic heterocycles. The summed E-state index contributed by atoms with van der Waals surface area (Å²) in [5.41, 5.74) is 1.95. The summed E-state index contributed by atoms with van der Waals surface area (Å²) >= 11 is 0. The second-order valence-electron chi connectivity index (χ2n) is 10.4. The SMILES string of the molecule is CCOC(=O)c1ccc(N2C(=O)C(=O)/C(=C(\O)c3ccc(OCC)c(C(C)(C)C)c3)C2c2ccc(O)cc2)cc1. The van der Waals surface area contributed by atoms with Crippen molar-refractivity contribution in [3.63, 3.8) is 0 Å². The highest BCUT2D eigenvalue weighted by molar-refractivity contribution is 6.51.